The quantitative estimate of drug-likeness (QED) is 0.558. The number of aromatic nitrogens is 4. The molecule has 66 valence electrons. The molecule has 0 aliphatic heterocycles. The molecule has 0 radical (unpaired) electrons. The van der Waals surface area contributed by atoms with E-state index in [0.717, 1.165) is 0 Å². The van der Waals surface area contributed by atoms with Gasteiger partial charge in [-0.1, -0.05) is 0 Å². The summed E-state index contributed by atoms with van der Waals surface area (Å²) in [6.45, 7) is 0. The maximum absolute atomic E-state index is 11.3. The van der Waals surface area contributed by atoms with Crippen LogP contribution in [0.15, 0.2) is 23.5 Å². The van der Waals surface area contributed by atoms with E-state index in [2.05, 4.69) is 19.9 Å². The Kier molecular flexibility index (Phi) is 1.59. The van der Waals surface area contributed by atoms with Gasteiger partial charge in [0.15, 0.2) is 5.95 Å². The van der Waals surface area contributed by atoms with Gasteiger partial charge in [0, 0.05) is 6.20 Å². The van der Waals surface area contributed by atoms with E-state index in [-0.39, 0.29) is 11.5 Å². The molecule has 2 heterocycles. The average molecular weight is 177 g/mol. The second-order valence-electron chi connectivity index (χ2n) is 2.48. The molecule has 0 unspecified atom stereocenters. The first-order chi connectivity index (χ1) is 6.27. The fourth-order valence-electron chi connectivity index (χ4n) is 1.00. The molecule has 4 N–H and O–H groups in total. The zero-order valence-electron chi connectivity index (χ0n) is 6.61. The number of H-pyrrole nitrogens is 2. The molecule has 0 bridgehead atoms. The lowest BCUT2D eigenvalue weighted by atomic mass is 10.3. The first-order valence-corrected chi connectivity index (χ1v) is 3.61. The van der Waals surface area contributed by atoms with Gasteiger partial charge in [0.05, 0.1) is 23.8 Å². The van der Waals surface area contributed by atoms with Gasteiger partial charge in [-0.2, -0.15) is 0 Å². The first-order valence-electron chi connectivity index (χ1n) is 3.61. The maximum Gasteiger partial charge on any atom is 0.261 e. The third-order valence-corrected chi connectivity index (χ3v) is 1.61. The van der Waals surface area contributed by atoms with Crippen molar-refractivity contribution >= 4 is 5.95 Å². The van der Waals surface area contributed by atoms with E-state index in [1.54, 1.807) is 6.20 Å². The molecule has 0 aliphatic carbocycles. The van der Waals surface area contributed by atoms with Crippen LogP contribution in [0.4, 0.5) is 5.95 Å². The minimum absolute atomic E-state index is 0.105. The summed E-state index contributed by atoms with van der Waals surface area (Å²) in [4.78, 5) is 24.1. The van der Waals surface area contributed by atoms with E-state index in [1.165, 1.54) is 12.5 Å². The van der Waals surface area contributed by atoms with Crippen LogP contribution in [0.2, 0.25) is 0 Å². The normalized spacial score (nSPS) is 10.2. The lowest BCUT2D eigenvalue weighted by Gasteiger charge is -1.95. The molecular formula is C7H7N5O. The van der Waals surface area contributed by atoms with Crippen LogP contribution in [0.3, 0.4) is 0 Å². The molecule has 0 aliphatic rings. The van der Waals surface area contributed by atoms with Crippen LogP contribution >= 0.6 is 0 Å². The third-order valence-electron chi connectivity index (χ3n) is 1.61. The Bertz CT molecular complexity index is 458. The average Bonchev–Trinajstić information content (AvgIpc) is 2.56. The number of hydrogen-bond donors (Lipinski definition) is 3. The predicted molar refractivity (Wildman–Crippen MR) is 46.9 cm³/mol. The smallest absolute Gasteiger partial charge is 0.261 e. The fraction of sp³-hybridized carbons (Fsp3) is 0. The van der Waals surface area contributed by atoms with Crippen LogP contribution in [0.25, 0.3) is 11.3 Å². The number of imidazole rings is 1. The number of nitrogen functional groups attached to an aromatic ring is 1. The van der Waals surface area contributed by atoms with Gasteiger partial charge >= 0.3 is 0 Å². The highest BCUT2D eigenvalue weighted by Crippen LogP contribution is 2.08. The summed E-state index contributed by atoms with van der Waals surface area (Å²) in [6, 6.07) is 0. The van der Waals surface area contributed by atoms with Gasteiger partial charge in [0.25, 0.3) is 5.56 Å². The van der Waals surface area contributed by atoms with Crippen LogP contribution in [0.1, 0.15) is 0 Å². The summed E-state index contributed by atoms with van der Waals surface area (Å²) in [5, 5.41) is 0. The maximum atomic E-state index is 11.3. The van der Waals surface area contributed by atoms with Crippen molar-refractivity contribution in [2.45, 2.75) is 0 Å². The fourth-order valence-corrected chi connectivity index (χ4v) is 1.00. The Labute approximate surface area is 72.9 Å². The van der Waals surface area contributed by atoms with Crippen LogP contribution in [0.5, 0.6) is 0 Å². The minimum atomic E-state index is -0.281. The van der Waals surface area contributed by atoms with Crippen molar-refractivity contribution in [1.29, 1.82) is 0 Å². The molecule has 0 amide bonds. The summed E-state index contributed by atoms with van der Waals surface area (Å²) in [5.41, 5.74) is 6.05. The van der Waals surface area contributed by atoms with Crippen LogP contribution < -0.4 is 11.3 Å². The van der Waals surface area contributed by atoms with Crippen LogP contribution in [0, 0.1) is 0 Å². The number of anilines is 1. The largest absolute Gasteiger partial charge is 0.369 e. The van der Waals surface area contributed by atoms with Gasteiger partial charge in [0.2, 0.25) is 0 Å². The van der Waals surface area contributed by atoms with Gasteiger partial charge < -0.3 is 10.7 Å². The van der Waals surface area contributed by atoms with Crippen molar-refractivity contribution < 1.29 is 0 Å². The zero-order valence-corrected chi connectivity index (χ0v) is 6.61. The number of rotatable bonds is 1. The zero-order chi connectivity index (χ0) is 9.26. The SMILES string of the molecule is Nc1ncc(-c2cnc[nH]2)c(=O)[nH]1. The molecule has 0 fully saturated rings. The van der Waals surface area contributed by atoms with Gasteiger partial charge in [-0.25, -0.2) is 9.97 Å². The van der Waals surface area contributed by atoms with Crippen molar-refractivity contribution in [3.05, 3.63) is 29.1 Å². The molecule has 6 heteroatoms. The van der Waals surface area contributed by atoms with Crippen molar-refractivity contribution in [3.63, 3.8) is 0 Å². The summed E-state index contributed by atoms with van der Waals surface area (Å²) in [6.07, 6.45) is 4.44. The lowest BCUT2D eigenvalue weighted by molar-refractivity contribution is 1.13. The lowest BCUT2D eigenvalue weighted by Crippen LogP contribution is -2.12. The Hall–Kier alpha value is -2.11. The van der Waals surface area contributed by atoms with Crippen molar-refractivity contribution in [1.82, 2.24) is 19.9 Å². The van der Waals surface area contributed by atoms with E-state index in [1.807, 2.05) is 0 Å². The molecule has 0 saturated carbocycles. The molecule has 0 spiro atoms. The minimum Gasteiger partial charge on any atom is -0.369 e. The molecule has 0 atom stereocenters. The van der Waals surface area contributed by atoms with E-state index in [0.29, 0.717) is 11.3 Å². The molecule has 2 rings (SSSR count). The van der Waals surface area contributed by atoms with E-state index in [9.17, 15) is 4.79 Å². The van der Waals surface area contributed by atoms with Gasteiger partial charge in [-0.15, -0.1) is 0 Å². The van der Waals surface area contributed by atoms with E-state index >= 15 is 0 Å². The Balaban J connectivity index is 2.60. The number of hydrogen-bond acceptors (Lipinski definition) is 4. The van der Waals surface area contributed by atoms with Crippen molar-refractivity contribution in [3.8, 4) is 11.3 Å². The first kappa shape index (κ1) is 7.53. The standard InChI is InChI=1S/C7H7N5O/c8-7-10-1-4(6(13)12-7)5-2-9-3-11-5/h1-3H,(H,9,11)(H3,8,10,12,13). The Morgan fingerprint density at radius 3 is 2.85 bits per heavy atom. The molecule has 2 aromatic heterocycles. The van der Waals surface area contributed by atoms with Gasteiger partial charge in [-0.05, 0) is 0 Å². The second kappa shape index (κ2) is 2.74. The molecule has 6 nitrogen and oxygen atoms in total. The monoisotopic (exact) mass is 177 g/mol. The van der Waals surface area contributed by atoms with Gasteiger partial charge in [-0.3, -0.25) is 9.78 Å². The molecular weight excluding hydrogens is 170 g/mol. The molecule has 0 saturated heterocycles. The van der Waals surface area contributed by atoms with Crippen LogP contribution in [-0.4, -0.2) is 19.9 Å². The van der Waals surface area contributed by atoms with Gasteiger partial charge in [0.1, 0.15) is 0 Å². The van der Waals surface area contributed by atoms with Crippen molar-refractivity contribution in [2.24, 2.45) is 0 Å². The summed E-state index contributed by atoms with van der Waals surface area (Å²) < 4.78 is 0. The Morgan fingerprint density at radius 1 is 1.38 bits per heavy atom. The number of nitrogens with zero attached hydrogens (tertiary/aromatic N) is 2. The highest BCUT2D eigenvalue weighted by atomic mass is 16.1. The van der Waals surface area contributed by atoms with Crippen molar-refractivity contribution in [2.75, 3.05) is 5.73 Å². The summed E-state index contributed by atoms with van der Waals surface area (Å²) in [5.74, 6) is 0.105. The van der Waals surface area contributed by atoms with E-state index in [4.69, 9.17) is 5.73 Å². The number of aromatic amines is 2. The van der Waals surface area contributed by atoms with E-state index < -0.39 is 0 Å². The molecule has 2 aromatic rings. The highest BCUT2D eigenvalue weighted by Gasteiger charge is 2.04. The topological polar surface area (TPSA) is 100 Å². The van der Waals surface area contributed by atoms with Crippen LogP contribution in [-0.2, 0) is 0 Å². The second-order valence-corrected chi connectivity index (χ2v) is 2.48. The summed E-state index contributed by atoms with van der Waals surface area (Å²) in [7, 11) is 0. The summed E-state index contributed by atoms with van der Waals surface area (Å²) >= 11 is 0. The third kappa shape index (κ3) is 1.28. The molecule has 13 heavy (non-hydrogen) atoms. The number of nitrogens with two attached hydrogens (primary N) is 1. The number of nitrogens with one attached hydrogen (secondary N) is 2. The highest BCUT2D eigenvalue weighted by molar-refractivity contribution is 5.55. The molecule has 0 aromatic carbocycles. The predicted octanol–water partition coefficient (Wildman–Crippen LogP) is -0.258. The Morgan fingerprint density at radius 2 is 2.23 bits per heavy atom.